The van der Waals surface area contributed by atoms with Crippen LogP contribution >= 0.6 is 0 Å². The van der Waals surface area contributed by atoms with E-state index in [9.17, 15) is 4.79 Å². The molecule has 0 fully saturated rings. The van der Waals surface area contributed by atoms with Gasteiger partial charge in [0.15, 0.2) is 5.78 Å². The number of nitrogens with one attached hydrogen (secondary N) is 1. The lowest BCUT2D eigenvalue weighted by Gasteiger charge is -2.12. The van der Waals surface area contributed by atoms with Gasteiger partial charge in [0.05, 0.1) is 6.04 Å². The summed E-state index contributed by atoms with van der Waals surface area (Å²) in [5.41, 5.74) is 2.06. The van der Waals surface area contributed by atoms with E-state index in [4.69, 9.17) is 0 Å². The van der Waals surface area contributed by atoms with Crippen LogP contribution in [0.1, 0.15) is 49.5 Å². The first-order chi connectivity index (χ1) is 7.56. The van der Waals surface area contributed by atoms with Crippen molar-refractivity contribution in [2.24, 2.45) is 0 Å². The van der Waals surface area contributed by atoms with Crippen molar-refractivity contribution in [2.45, 2.75) is 39.7 Å². The Balaban J connectivity index is 2.77. The number of ketones is 1. The minimum Gasteiger partial charge on any atom is -0.308 e. The monoisotopic (exact) mass is 219 g/mol. The normalized spacial score (nSPS) is 12.8. The molecular formula is C14H21NO. The zero-order valence-corrected chi connectivity index (χ0v) is 10.6. The van der Waals surface area contributed by atoms with Crippen molar-refractivity contribution in [3.05, 3.63) is 35.4 Å². The van der Waals surface area contributed by atoms with Crippen molar-refractivity contribution in [3.8, 4) is 0 Å². The summed E-state index contributed by atoms with van der Waals surface area (Å²) in [7, 11) is 0. The molecule has 0 saturated heterocycles. The summed E-state index contributed by atoms with van der Waals surface area (Å²) in [4.78, 5) is 12.0. The van der Waals surface area contributed by atoms with E-state index < -0.39 is 0 Å². The van der Waals surface area contributed by atoms with Gasteiger partial charge in [-0.05, 0) is 24.9 Å². The molecule has 0 aliphatic rings. The quantitative estimate of drug-likeness (QED) is 0.771. The van der Waals surface area contributed by atoms with E-state index in [2.05, 4.69) is 19.2 Å². The molecule has 88 valence electrons. The fraction of sp³-hybridized carbons (Fsp3) is 0.500. The van der Waals surface area contributed by atoms with E-state index in [0.717, 1.165) is 12.1 Å². The Morgan fingerprint density at radius 3 is 2.19 bits per heavy atom. The van der Waals surface area contributed by atoms with Gasteiger partial charge in [0, 0.05) is 5.56 Å². The minimum atomic E-state index is -0.102. The fourth-order valence-electron chi connectivity index (χ4n) is 1.68. The van der Waals surface area contributed by atoms with Gasteiger partial charge in [-0.25, -0.2) is 0 Å². The first-order valence-electron chi connectivity index (χ1n) is 5.93. The molecule has 0 aliphatic carbocycles. The molecule has 0 spiro atoms. The van der Waals surface area contributed by atoms with Gasteiger partial charge in [0.2, 0.25) is 0 Å². The first-order valence-corrected chi connectivity index (χ1v) is 5.93. The molecule has 16 heavy (non-hydrogen) atoms. The molecule has 0 aromatic heterocycles. The Labute approximate surface area is 98.1 Å². The van der Waals surface area contributed by atoms with Crippen molar-refractivity contribution >= 4 is 5.78 Å². The molecule has 1 atom stereocenters. The highest BCUT2D eigenvalue weighted by molar-refractivity contribution is 5.99. The summed E-state index contributed by atoms with van der Waals surface area (Å²) < 4.78 is 0. The number of hydrogen-bond donors (Lipinski definition) is 1. The van der Waals surface area contributed by atoms with Gasteiger partial charge in [-0.3, -0.25) is 4.79 Å². The van der Waals surface area contributed by atoms with Crippen LogP contribution in [0.3, 0.4) is 0 Å². The zero-order valence-electron chi connectivity index (χ0n) is 10.6. The Morgan fingerprint density at radius 2 is 1.75 bits per heavy atom. The predicted octanol–water partition coefficient (Wildman–Crippen LogP) is 2.99. The van der Waals surface area contributed by atoms with Crippen molar-refractivity contribution in [2.75, 3.05) is 6.54 Å². The van der Waals surface area contributed by atoms with Crippen LogP contribution in [0.25, 0.3) is 0 Å². The van der Waals surface area contributed by atoms with Crippen LogP contribution in [0.5, 0.6) is 0 Å². The molecule has 0 amide bonds. The van der Waals surface area contributed by atoms with Crippen molar-refractivity contribution < 1.29 is 4.79 Å². The summed E-state index contributed by atoms with van der Waals surface area (Å²) in [5.74, 6) is 0.674. The van der Waals surface area contributed by atoms with Gasteiger partial charge in [0.25, 0.3) is 0 Å². The van der Waals surface area contributed by atoms with E-state index in [-0.39, 0.29) is 11.8 Å². The average Bonchev–Trinajstić information content (AvgIpc) is 2.28. The molecule has 1 N–H and O–H groups in total. The average molecular weight is 219 g/mol. The fourth-order valence-corrected chi connectivity index (χ4v) is 1.68. The van der Waals surface area contributed by atoms with Crippen molar-refractivity contribution in [3.63, 3.8) is 0 Å². The van der Waals surface area contributed by atoms with E-state index >= 15 is 0 Å². The Bertz CT molecular complexity index is 340. The maximum absolute atomic E-state index is 12.0. The highest BCUT2D eigenvalue weighted by Crippen LogP contribution is 2.15. The third kappa shape index (κ3) is 3.17. The number of carbonyl (C=O) groups is 1. The standard InChI is InChI=1S/C14H21NO/c1-5-15-11(4)14(16)13-8-6-12(7-9-13)10(2)3/h6-11,15H,5H2,1-4H3. The van der Waals surface area contributed by atoms with Gasteiger partial charge in [-0.15, -0.1) is 0 Å². The predicted molar refractivity (Wildman–Crippen MR) is 68.0 cm³/mol. The number of likely N-dealkylation sites (N-methyl/N-ethyl adjacent to an activating group) is 1. The van der Waals surface area contributed by atoms with Crippen molar-refractivity contribution in [1.82, 2.24) is 5.32 Å². The molecule has 1 rings (SSSR count). The highest BCUT2D eigenvalue weighted by Gasteiger charge is 2.13. The lowest BCUT2D eigenvalue weighted by Crippen LogP contribution is -2.33. The molecule has 0 radical (unpaired) electrons. The van der Waals surface area contributed by atoms with Crippen LogP contribution in [0, 0.1) is 0 Å². The van der Waals surface area contributed by atoms with Gasteiger partial charge in [0.1, 0.15) is 0 Å². The number of rotatable bonds is 5. The number of benzene rings is 1. The maximum atomic E-state index is 12.0. The molecule has 2 nitrogen and oxygen atoms in total. The molecule has 0 bridgehead atoms. The molecule has 1 aromatic carbocycles. The van der Waals surface area contributed by atoms with E-state index in [1.807, 2.05) is 38.1 Å². The van der Waals surface area contributed by atoms with Crippen LogP contribution < -0.4 is 5.32 Å². The van der Waals surface area contributed by atoms with E-state index in [1.54, 1.807) is 0 Å². The highest BCUT2D eigenvalue weighted by atomic mass is 16.1. The summed E-state index contributed by atoms with van der Waals surface area (Å²) in [5, 5.41) is 3.13. The lowest BCUT2D eigenvalue weighted by molar-refractivity contribution is 0.0952. The summed E-state index contributed by atoms with van der Waals surface area (Å²) in [6.07, 6.45) is 0. The Hall–Kier alpha value is -1.15. The maximum Gasteiger partial charge on any atom is 0.179 e. The largest absolute Gasteiger partial charge is 0.308 e. The van der Waals surface area contributed by atoms with Crippen LogP contribution in [0.4, 0.5) is 0 Å². The van der Waals surface area contributed by atoms with Gasteiger partial charge >= 0.3 is 0 Å². The second-order valence-electron chi connectivity index (χ2n) is 4.42. The Morgan fingerprint density at radius 1 is 1.19 bits per heavy atom. The molecule has 1 aromatic rings. The number of carbonyl (C=O) groups excluding carboxylic acids is 1. The van der Waals surface area contributed by atoms with Crippen LogP contribution in [-0.2, 0) is 0 Å². The number of Topliss-reactive ketones (excluding diaryl/α,β-unsaturated/α-hetero) is 1. The third-order valence-corrected chi connectivity index (χ3v) is 2.77. The van der Waals surface area contributed by atoms with Gasteiger partial charge < -0.3 is 5.32 Å². The van der Waals surface area contributed by atoms with E-state index in [1.165, 1.54) is 5.56 Å². The topological polar surface area (TPSA) is 29.1 Å². The molecule has 0 saturated carbocycles. The second kappa shape index (κ2) is 5.80. The third-order valence-electron chi connectivity index (χ3n) is 2.77. The molecule has 0 aliphatic heterocycles. The smallest absolute Gasteiger partial charge is 0.179 e. The van der Waals surface area contributed by atoms with Crippen LogP contribution in [-0.4, -0.2) is 18.4 Å². The first kappa shape index (κ1) is 12.9. The van der Waals surface area contributed by atoms with Gasteiger partial charge in [-0.2, -0.15) is 0 Å². The van der Waals surface area contributed by atoms with Gasteiger partial charge in [-0.1, -0.05) is 45.0 Å². The lowest BCUT2D eigenvalue weighted by atomic mass is 9.99. The molecule has 2 heteroatoms. The van der Waals surface area contributed by atoms with E-state index in [0.29, 0.717) is 5.92 Å². The summed E-state index contributed by atoms with van der Waals surface area (Å²) >= 11 is 0. The number of hydrogen-bond acceptors (Lipinski definition) is 2. The summed E-state index contributed by atoms with van der Waals surface area (Å²) in [6, 6.07) is 7.82. The molecule has 0 heterocycles. The molecular weight excluding hydrogens is 198 g/mol. The molecule has 1 unspecified atom stereocenters. The Kier molecular flexibility index (Phi) is 4.69. The van der Waals surface area contributed by atoms with Crippen LogP contribution in [0.15, 0.2) is 24.3 Å². The second-order valence-corrected chi connectivity index (χ2v) is 4.42. The van der Waals surface area contributed by atoms with Crippen LogP contribution in [0.2, 0.25) is 0 Å². The zero-order chi connectivity index (χ0) is 12.1. The van der Waals surface area contributed by atoms with Crippen molar-refractivity contribution in [1.29, 1.82) is 0 Å². The minimum absolute atomic E-state index is 0.102. The summed E-state index contributed by atoms with van der Waals surface area (Å²) in [6.45, 7) is 9.03. The SMILES string of the molecule is CCNC(C)C(=O)c1ccc(C(C)C)cc1.